The van der Waals surface area contributed by atoms with Crippen LogP contribution in [-0.2, 0) is 11.3 Å². The predicted octanol–water partition coefficient (Wildman–Crippen LogP) is 1.39. The van der Waals surface area contributed by atoms with Gasteiger partial charge in [-0.1, -0.05) is 6.07 Å². The number of aromatic carboxylic acids is 1. The Labute approximate surface area is 106 Å². The number of hydrogen-bond donors (Lipinski definition) is 1. The van der Waals surface area contributed by atoms with Gasteiger partial charge in [0.15, 0.2) is 5.69 Å². The van der Waals surface area contributed by atoms with Crippen molar-refractivity contribution < 1.29 is 14.6 Å². The summed E-state index contributed by atoms with van der Waals surface area (Å²) in [6.07, 6.45) is 1.70. The number of rotatable bonds is 3. The fourth-order valence-corrected chi connectivity index (χ4v) is 2.17. The van der Waals surface area contributed by atoms with Gasteiger partial charge in [-0.05, 0) is 25.5 Å². The molecular formula is C13H18N2O3. The lowest BCUT2D eigenvalue weighted by Gasteiger charge is -2.36. The fraction of sp³-hybridized carbons (Fsp3) is 0.538. The van der Waals surface area contributed by atoms with Crippen molar-refractivity contribution in [2.75, 3.05) is 13.2 Å². The molecule has 18 heavy (non-hydrogen) atoms. The third kappa shape index (κ3) is 2.86. The number of pyridine rings is 1. The molecule has 1 aliphatic rings. The average Bonchev–Trinajstić information content (AvgIpc) is 2.34. The number of hydrogen-bond acceptors (Lipinski definition) is 4. The van der Waals surface area contributed by atoms with Crippen molar-refractivity contribution in [3.63, 3.8) is 0 Å². The Hall–Kier alpha value is -1.46. The highest BCUT2D eigenvalue weighted by atomic mass is 16.5. The molecule has 0 amide bonds. The van der Waals surface area contributed by atoms with Crippen LogP contribution in [-0.4, -0.2) is 46.3 Å². The maximum Gasteiger partial charge on any atom is 0.354 e. The molecule has 2 atom stereocenters. The number of ether oxygens (including phenoxy) is 1. The minimum atomic E-state index is -0.973. The van der Waals surface area contributed by atoms with E-state index in [0.29, 0.717) is 19.2 Å². The standard InChI is InChI=1S/C13H18N2O3/c1-9-8-18-10(2)6-15(9)7-11-4-3-5-14-12(11)13(16)17/h3-5,9-10H,6-8H2,1-2H3,(H,16,17). The first kappa shape index (κ1) is 13.0. The Bertz CT molecular complexity index is 436. The smallest absolute Gasteiger partial charge is 0.354 e. The van der Waals surface area contributed by atoms with Crippen molar-refractivity contribution in [2.24, 2.45) is 0 Å². The van der Waals surface area contributed by atoms with Crippen molar-refractivity contribution >= 4 is 5.97 Å². The first-order chi connectivity index (χ1) is 8.58. The van der Waals surface area contributed by atoms with Crippen LogP contribution in [0.25, 0.3) is 0 Å². The van der Waals surface area contributed by atoms with E-state index in [1.807, 2.05) is 13.0 Å². The van der Waals surface area contributed by atoms with E-state index in [2.05, 4.69) is 16.8 Å². The Morgan fingerprint density at radius 2 is 2.39 bits per heavy atom. The van der Waals surface area contributed by atoms with Crippen LogP contribution in [0, 0.1) is 0 Å². The van der Waals surface area contributed by atoms with E-state index in [9.17, 15) is 4.79 Å². The first-order valence-electron chi connectivity index (χ1n) is 6.10. The Balaban J connectivity index is 2.15. The van der Waals surface area contributed by atoms with Crippen LogP contribution in [0.15, 0.2) is 18.3 Å². The molecule has 0 bridgehead atoms. The molecule has 1 aromatic heterocycles. The molecule has 1 aromatic rings. The number of morpholine rings is 1. The monoisotopic (exact) mass is 250 g/mol. The highest BCUT2D eigenvalue weighted by molar-refractivity contribution is 5.86. The highest BCUT2D eigenvalue weighted by Crippen LogP contribution is 2.16. The molecule has 0 spiro atoms. The third-order valence-corrected chi connectivity index (χ3v) is 3.20. The second-order valence-corrected chi connectivity index (χ2v) is 4.74. The van der Waals surface area contributed by atoms with Gasteiger partial charge in [0.1, 0.15) is 0 Å². The second-order valence-electron chi connectivity index (χ2n) is 4.74. The van der Waals surface area contributed by atoms with Crippen LogP contribution < -0.4 is 0 Å². The molecule has 1 fully saturated rings. The highest BCUT2D eigenvalue weighted by Gasteiger charge is 2.24. The maximum absolute atomic E-state index is 11.1. The summed E-state index contributed by atoms with van der Waals surface area (Å²) < 4.78 is 5.56. The minimum absolute atomic E-state index is 0.142. The number of aromatic nitrogens is 1. The van der Waals surface area contributed by atoms with Gasteiger partial charge in [-0.2, -0.15) is 0 Å². The van der Waals surface area contributed by atoms with Crippen molar-refractivity contribution in [1.82, 2.24) is 9.88 Å². The SMILES string of the molecule is CC1CN(Cc2cccnc2C(=O)O)C(C)CO1. The van der Waals surface area contributed by atoms with Gasteiger partial charge in [-0.3, -0.25) is 4.90 Å². The third-order valence-electron chi connectivity index (χ3n) is 3.20. The van der Waals surface area contributed by atoms with Crippen LogP contribution >= 0.6 is 0 Å². The Kier molecular flexibility index (Phi) is 3.93. The van der Waals surface area contributed by atoms with Gasteiger partial charge in [0, 0.05) is 25.3 Å². The van der Waals surface area contributed by atoms with Crippen molar-refractivity contribution in [3.05, 3.63) is 29.6 Å². The maximum atomic E-state index is 11.1. The van der Waals surface area contributed by atoms with Gasteiger partial charge in [-0.15, -0.1) is 0 Å². The quantitative estimate of drug-likeness (QED) is 0.878. The molecule has 1 N–H and O–H groups in total. The molecule has 1 saturated heterocycles. The predicted molar refractivity (Wildman–Crippen MR) is 66.5 cm³/mol. The van der Waals surface area contributed by atoms with Gasteiger partial charge in [0.05, 0.1) is 12.7 Å². The number of nitrogens with zero attached hydrogens (tertiary/aromatic N) is 2. The summed E-state index contributed by atoms with van der Waals surface area (Å²) in [5.74, 6) is -0.973. The molecule has 5 heteroatoms. The normalized spacial score (nSPS) is 25.0. The summed E-state index contributed by atoms with van der Waals surface area (Å²) in [6, 6.07) is 3.89. The van der Waals surface area contributed by atoms with Crippen molar-refractivity contribution in [3.8, 4) is 0 Å². The zero-order valence-corrected chi connectivity index (χ0v) is 10.7. The summed E-state index contributed by atoms with van der Waals surface area (Å²) in [6.45, 7) is 6.21. The number of carboxylic acids is 1. The molecule has 2 rings (SSSR count). The molecule has 2 heterocycles. The lowest BCUT2D eigenvalue weighted by atomic mass is 10.1. The summed E-state index contributed by atoms with van der Waals surface area (Å²) in [4.78, 5) is 17.3. The molecule has 0 aliphatic carbocycles. The largest absolute Gasteiger partial charge is 0.477 e. The lowest BCUT2D eigenvalue weighted by Crippen LogP contribution is -2.46. The van der Waals surface area contributed by atoms with Crippen LogP contribution in [0.1, 0.15) is 29.9 Å². The Morgan fingerprint density at radius 3 is 3.11 bits per heavy atom. The summed E-state index contributed by atoms with van der Waals surface area (Å²) in [7, 11) is 0. The molecule has 5 nitrogen and oxygen atoms in total. The average molecular weight is 250 g/mol. The summed E-state index contributed by atoms with van der Waals surface area (Å²) in [5, 5.41) is 9.11. The van der Waals surface area contributed by atoms with Gasteiger partial charge in [0.2, 0.25) is 0 Å². The zero-order valence-electron chi connectivity index (χ0n) is 10.7. The molecular weight excluding hydrogens is 232 g/mol. The van der Waals surface area contributed by atoms with E-state index in [1.165, 1.54) is 6.20 Å². The summed E-state index contributed by atoms with van der Waals surface area (Å²) in [5.41, 5.74) is 0.898. The topological polar surface area (TPSA) is 62.7 Å². The fourth-order valence-electron chi connectivity index (χ4n) is 2.17. The van der Waals surface area contributed by atoms with Crippen LogP contribution in [0.2, 0.25) is 0 Å². The molecule has 0 aromatic carbocycles. The summed E-state index contributed by atoms with van der Waals surface area (Å²) >= 11 is 0. The van der Waals surface area contributed by atoms with Crippen molar-refractivity contribution in [1.29, 1.82) is 0 Å². The van der Waals surface area contributed by atoms with E-state index in [1.54, 1.807) is 6.07 Å². The van der Waals surface area contributed by atoms with E-state index in [-0.39, 0.29) is 11.8 Å². The van der Waals surface area contributed by atoms with Gasteiger partial charge in [0.25, 0.3) is 0 Å². The van der Waals surface area contributed by atoms with Gasteiger partial charge in [-0.25, -0.2) is 9.78 Å². The van der Waals surface area contributed by atoms with Gasteiger partial charge >= 0.3 is 5.97 Å². The van der Waals surface area contributed by atoms with Crippen LogP contribution in [0.4, 0.5) is 0 Å². The second kappa shape index (κ2) is 5.46. The molecule has 0 saturated carbocycles. The van der Waals surface area contributed by atoms with Gasteiger partial charge < -0.3 is 9.84 Å². The first-order valence-corrected chi connectivity index (χ1v) is 6.10. The van der Waals surface area contributed by atoms with E-state index < -0.39 is 5.97 Å². The number of carboxylic acid groups (broad SMARTS) is 1. The Morgan fingerprint density at radius 1 is 1.61 bits per heavy atom. The molecule has 98 valence electrons. The van der Waals surface area contributed by atoms with E-state index >= 15 is 0 Å². The molecule has 2 unspecified atom stereocenters. The lowest BCUT2D eigenvalue weighted by molar-refractivity contribution is -0.0527. The van der Waals surface area contributed by atoms with Crippen molar-refractivity contribution in [2.45, 2.75) is 32.5 Å². The van der Waals surface area contributed by atoms with E-state index in [0.717, 1.165) is 12.1 Å². The minimum Gasteiger partial charge on any atom is -0.477 e. The molecule has 0 radical (unpaired) electrons. The van der Waals surface area contributed by atoms with Crippen LogP contribution in [0.3, 0.4) is 0 Å². The van der Waals surface area contributed by atoms with Crippen LogP contribution in [0.5, 0.6) is 0 Å². The zero-order chi connectivity index (χ0) is 13.1. The molecule has 1 aliphatic heterocycles. The van der Waals surface area contributed by atoms with E-state index in [4.69, 9.17) is 9.84 Å². The number of carbonyl (C=O) groups is 1.